The van der Waals surface area contributed by atoms with Crippen molar-refractivity contribution in [1.29, 1.82) is 0 Å². The van der Waals surface area contributed by atoms with Crippen LogP contribution in [0.25, 0.3) is 0 Å². The molecule has 0 aliphatic heterocycles. The first-order valence-corrected chi connectivity index (χ1v) is 5.03. The van der Waals surface area contributed by atoms with E-state index in [0.29, 0.717) is 10.8 Å². The highest BCUT2D eigenvalue weighted by molar-refractivity contribution is 6.31. The molecule has 1 amide bonds. The largest absolute Gasteiger partial charge is 0.476 e. The molecule has 0 spiro atoms. The first-order valence-electron chi connectivity index (χ1n) is 4.65. The van der Waals surface area contributed by atoms with Crippen molar-refractivity contribution in [3.8, 4) is 0 Å². The number of allylic oxidation sites excluding steroid dienone is 5. The van der Waals surface area contributed by atoms with Crippen LogP contribution in [0.2, 0.25) is 0 Å². The molecule has 2 N–H and O–H groups in total. The minimum atomic E-state index is -1.06. The van der Waals surface area contributed by atoms with Gasteiger partial charge in [-0.1, -0.05) is 29.8 Å². The van der Waals surface area contributed by atoms with Gasteiger partial charge in [0.15, 0.2) is 5.60 Å². The molecular weight excluding hydrogens is 214 g/mol. The predicted octanol–water partition coefficient (Wildman–Crippen LogP) is 2.23. The molecule has 0 fully saturated rings. The highest BCUT2D eigenvalue weighted by atomic mass is 35.5. The van der Waals surface area contributed by atoms with Crippen molar-refractivity contribution < 1.29 is 9.53 Å². The summed E-state index contributed by atoms with van der Waals surface area (Å²) in [5.74, 6) is -0.0599. The van der Waals surface area contributed by atoms with Gasteiger partial charge in [-0.15, -0.1) is 0 Å². The van der Waals surface area contributed by atoms with Crippen LogP contribution in [-0.4, -0.2) is 11.5 Å². The van der Waals surface area contributed by atoms with Gasteiger partial charge in [-0.3, -0.25) is 4.79 Å². The zero-order chi connectivity index (χ0) is 11.5. The van der Waals surface area contributed by atoms with E-state index in [9.17, 15) is 4.79 Å². The Balaban J connectivity index is 2.85. The van der Waals surface area contributed by atoms with Crippen LogP contribution in [0.5, 0.6) is 0 Å². The second-order valence-electron chi connectivity index (χ2n) is 3.72. The van der Waals surface area contributed by atoms with Crippen LogP contribution in [0.1, 0.15) is 20.3 Å². The topological polar surface area (TPSA) is 52.3 Å². The van der Waals surface area contributed by atoms with Gasteiger partial charge in [0.25, 0.3) is 5.91 Å². The van der Waals surface area contributed by atoms with Crippen LogP contribution in [-0.2, 0) is 9.53 Å². The van der Waals surface area contributed by atoms with Gasteiger partial charge >= 0.3 is 0 Å². The molecule has 82 valence electrons. The molecule has 0 bridgehead atoms. The number of halogens is 1. The normalized spacial score (nSPS) is 16.5. The molecule has 15 heavy (non-hydrogen) atoms. The van der Waals surface area contributed by atoms with E-state index in [1.165, 1.54) is 0 Å². The van der Waals surface area contributed by atoms with Gasteiger partial charge in [0.05, 0.1) is 5.03 Å². The first-order chi connectivity index (χ1) is 6.93. The van der Waals surface area contributed by atoms with E-state index in [4.69, 9.17) is 22.1 Å². The second kappa shape index (κ2) is 4.53. The third-order valence-electron chi connectivity index (χ3n) is 2.01. The summed E-state index contributed by atoms with van der Waals surface area (Å²) in [6.07, 6.45) is 8.05. The highest BCUT2D eigenvalue weighted by Crippen LogP contribution is 2.24. The van der Waals surface area contributed by atoms with E-state index in [1.54, 1.807) is 19.9 Å². The van der Waals surface area contributed by atoms with Crippen LogP contribution in [0.15, 0.2) is 35.1 Å². The monoisotopic (exact) mass is 227 g/mol. The van der Waals surface area contributed by atoms with Crippen LogP contribution < -0.4 is 5.73 Å². The molecule has 3 nitrogen and oxygen atoms in total. The quantitative estimate of drug-likeness (QED) is 0.804. The molecule has 0 atom stereocenters. The van der Waals surface area contributed by atoms with Gasteiger partial charge in [0, 0.05) is 0 Å². The molecule has 0 radical (unpaired) electrons. The molecule has 1 rings (SSSR count). The number of carbonyl (C=O) groups excluding carboxylic acids is 1. The minimum absolute atomic E-state index is 0.467. The number of nitrogens with two attached hydrogens (primary N) is 1. The summed E-state index contributed by atoms with van der Waals surface area (Å²) in [6, 6.07) is 0. The van der Waals surface area contributed by atoms with Crippen LogP contribution in [0.4, 0.5) is 0 Å². The fraction of sp³-hybridized carbons (Fsp3) is 0.364. The van der Waals surface area contributed by atoms with Gasteiger partial charge in [0.1, 0.15) is 5.76 Å². The van der Waals surface area contributed by atoms with Gasteiger partial charge in [-0.25, -0.2) is 0 Å². The van der Waals surface area contributed by atoms with Crippen LogP contribution in [0, 0.1) is 0 Å². The third-order valence-corrected chi connectivity index (χ3v) is 2.35. The van der Waals surface area contributed by atoms with Crippen molar-refractivity contribution >= 4 is 17.5 Å². The summed E-state index contributed by atoms with van der Waals surface area (Å²) in [6.45, 7) is 3.21. The summed E-state index contributed by atoms with van der Waals surface area (Å²) >= 11 is 5.97. The molecule has 0 aromatic rings. The van der Waals surface area contributed by atoms with E-state index in [0.717, 1.165) is 6.42 Å². The van der Waals surface area contributed by atoms with E-state index in [-0.39, 0.29) is 0 Å². The number of primary amides is 1. The summed E-state index contributed by atoms with van der Waals surface area (Å²) in [5, 5.41) is 0.495. The van der Waals surface area contributed by atoms with E-state index in [2.05, 4.69) is 0 Å². The Morgan fingerprint density at radius 3 is 2.87 bits per heavy atom. The smallest absolute Gasteiger partial charge is 0.261 e. The minimum Gasteiger partial charge on any atom is -0.476 e. The van der Waals surface area contributed by atoms with Crippen molar-refractivity contribution in [2.75, 3.05) is 0 Å². The Morgan fingerprint density at radius 1 is 1.60 bits per heavy atom. The Hall–Kier alpha value is -1.22. The van der Waals surface area contributed by atoms with Crippen LogP contribution >= 0.6 is 11.6 Å². The average Bonchev–Trinajstić information content (AvgIpc) is 2.31. The molecule has 1 aliphatic carbocycles. The molecule has 0 unspecified atom stereocenters. The van der Waals surface area contributed by atoms with Crippen molar-refractivity contribution in [2.45, 2.75) is 25.9 Å². The SMILES string of the molecule is CC(C)(OC1=CC=CCC=C1Cl)C(N)=O. The standard InChI is InChI=1S/C11H14ClNO2/c1-11(2,10(13)14)15-9-7-5-3-4-6-8(9)12/h3,5-7H,4H2,1-2H3,(H2,13,14). The fourth-order valence-electron chi connectivity index (χ4n) is 0.994. The Morgan fingerprint density at radius 2 is 2.27 bits per heavy atom. The summed E-state index contributed by atoms with van der Waals surface area (Å²) in [7, 11) is 0. The predicted molar refractivity (Wildman–Crippen MR) is 60.1 cm³/mol. The lowest BCUT2D eigenvalue weighted by atomic mass is 10.1. The molecular formula is C11H14ClNO2. The van der Waals surface area contributed by atoms with E-state index in [1.807, 2.05) is 18.2 Å². The summed E-state index contributed by atoms with van der Waals surface area (Å²) in [4.78, 5) is 11.1. The molecule has 0 saturated carbocycles. The number of ether oxygens (including phenoxy) is 1. The van der Waals surface area contributed by atoms with Gasteiger partial charge in [-0.05, 0) is 26.3 Å². The molecule has 4 heteroatoms. The fourth-order valence-corrected chi connectivity index (χ4v) is 1.18. The summed E-state index contributed by atoms with van der Waals surface area (Å²) < 4.78 is 5.47. The van der Waals surface area contributed by atoms with E-state index >= 15 is 0 Å². The Bertz CT molecular complexity index is 354. The lowest BCUT2D eigenvalue weighted by Gasteiger charge is -2.24. The molecule has 0 heterocycles. The number of amides is 1. The average molecular weight is 228 g/mol. The Labute approximate surface area is 94.2 Å². The first kappa shape index (κ1) is 11.9. The number of hydrogen-bond donors (Lipinski definition) is 1. The lowest BCUT2D eigenvalue weighted by molar-refractivity contribution is -0.134. The van der Waals surface area contributed by atoms with Crippen molar-refractivity contribution in [1.82, 2.24) is 0 Å². The molecule has 0 saturated heterocycles. The molecule has 1 aliphatic rings. The zero-order valence-electron chi connectivity index (χ0n) is 8.79. The van der Waals surface area contributed by atoms with Crippen molar-refractivity contribution in [3.63, 3.8) is 0 Å². The van der Waals surface area contributed by atoms with Gasteiger partial charge in [-0.2, -0.15) is 0 Å². The van der Waals surface area contributed by atoms with Crippen molar-refractivity contribution in [3.05, 3.63) is 35.1 Å². The maximum Gasteiger partial charge on any atom is 0.261 e. The number of hydrogen-bond acceptors (Lipinski definition) is 2. The number of carbonyl (C=O) groups is 1. The van der Waals surface area contributed by atoms with Crippen LogP contribution in [0.3, 0.4) is 0 Å². The van der Waals surface area contributed by atoms with Gasteiger partial charge in [0.2, 0.25) is 0 Å². The lowest BCUT2D eigenvalue weighted by Crippen LogP contribution is -2.40. The summed E-state index contributed by atoms with van der Waals surface area (Å²) in [5.41, 5.74) is 4.14. The Kier molecular flexibility index (Phi) is 3.58. The maximum absolute atomic E-state index is 11.1. The maximum atomic E-state index is 11.1. The number of rotatable bonds is 3. The second-order valence-corrected chi connectivity index (χ2v) is 4.13. The van der Waals surface area contributed by atoms with Crippen molar-refractivity contribution in [2.24, 2.45) is 5.73 Å². The zero-order valence-corrected chi connectivity index (χ0v) is 9.54. The third kappa shape index (κ3) is 3.13. The molecule has 0 aromatic carbocycles. The molecule has 0 aromatic heterocycles. The van der Waals surface area contributed by atoms with Gasteiger partial charge < -0.3 is 10.5 Å². The van der Waals surface area contributed by atoms with E-state index < -0.39 is 11.5 Å². The highest BCUT2D eigenvalue weighted by Gasteiger charge is 2.28.